The molecule has 2 N–H and O–H groups in total. The summed E-state index contributed by atoms with van der Waals surface area (Å²) in [6.45, 7) is 0.953. The lowest BCUT2D eigenvalue weighted by Gasteiger charge is -2.39. The van der Waals surface area contributed by atoms with Crippen LogP contribution in [0.25, 0.3) is 0 Å². The van der Waals surface area contributed by atoms with Crippen LogP contribution in [0.3, 0.4) is 0 Å². The second-order valence-electron chi connectivity index (χ2n) is 9.39. The van der Waals surface area contributed by atoms with Gasteiger partial charge in [0.25, 0.3) is 5.56 Å². The maximum absolute atomic E-state index is 16.4. The number of H-pyrrole nitrogens is 1. The number of halogens is 1. The van der Waals surface area contributed by atoms with Gasteiger partial charge in [0.1, 0.15) is 23.6 Å². The number of nitrogens with zero attached hydrogens (tertiary/aromatic N) is 1. The van der Waals surface area contributed by atoms with Gasteiger partial charge in [-0.1, -0.05) is 72.8 Å². The van der Waals surface area contributed by atoms with Crippen LogP contribution >= 0.6 is 0 Å². The number of aromatic nitrogens is 2. The summed E-state index contributed by atoms with van der Waals surface area (Å²) in [4.78, 5) is 26.7. The molecule has 9 heteroatoms. The molecule has 0 radical (unpaired) electrons. The Bertz CT molecular complexity index is 1480. The van der Waals surface area contributed by atoms with Crippen LogP contribution in [-0.2, 0) is 15.1 Å². The van der Waals surface area contributed by atoms with E-state index in [0.717, 1.165) is 15.7 Å². The van der Waals surface area contributed by atoms with E-state index in [4.69, 9.17) is 14.2 Å². The van der Waals surface area contributed by atoms with E-state index in [2.05, 4.69) is 4.98 Å². The third-order valence-electron chi connectivity index (χ3n) is 7.04. The molecule has 4 aromatic rings. The minimum absolute atomic E-state index is 0.219. The van der Waals surface area contributed by atoms with Gasteiger partial charge < -0.3 is 19.3 Å². The highest BCUT2D eigenvalue weighted by molar-refractivity contribution is 5.48. The Kier molecular flexibility index (Phi) is 7.47. The average Bonchev–Trinajstić information content (AvgIpc) is 3.29. The van der Waals surface area contributed by atoms with Crippen molar-refractivity contribution in [3.63, 3.8) is 0 Å². The molecule has 1 aliphatic rings. The van der Waals surface area contributed by atoms with Crippen molar-refractivity contribution in [2.75, 3.05) is 13.7 Å². The van der Waals surface area contributed by atoms with Crippen molar-refractivity contribution in [3.05, 3.63) is 134 Å². The molecule has 39 heavy (non-hydrogen) atoms. The molecule has 0 unspecified atom stereocenters. The van der Waals surface area contributed by atoms with Gasteiger partial charge in [0.15, 0.2) is 12.4 Å². The highest BCUT2D eigenvalue weighted by Crippen LogP contribution is 2.45. The fraction of sp³-hybridized carbons (Fsp3) is 0.267. The van der Waals surface area contributed by atoms with E-state index < -0.39 is 48.1 Å². The quantitative estimate of drug-likeness (QED) is 0.337. The van der Waals surface area contributed by atoms with Gasteiger partial charge in [0.2, 0.25) is 0 Å². The van der Waals surface area contributed by atoms with E-state index in [1.54, 1.807) is 19.2 Å². The molecule has 0 spiro atoms. The average molecular weight is 533 g/mol. The number of aromatic amines is 1. The molecule has 2 heterocycles. The van der Waals surface area contributed by atoms with Gasteiger partial charge in [-0.3, -0.25) is 14.3 Å². The molecule has 0 aliphatic carbocycles. The van der Waals surface area contributed by atoms with Gasteiger partial charge in [-0.2, -0.15) is 0 Å². The molecule has 0 saturated carbocycles. The number of alkyl halides is 1. The van der Waals surface area contributed by atoms with Crippen LogP contribution in [0.4, 0.5) is 4.39 Å². The molecule has 1 aliphatic heterocycles. The molecule has 1 fully saturated rings. The maximum atomic E-state index is 16.4. The van der Waals surface area contributed by atoms with Crippen molar-refractivity contribution < 1.29 is 23.7 Å². The predicted octanol–water partition coefficient (Wildman–Crippen LogP) is 3.46. The van der Waals surface area contributed by atoms with Crippen molar-refractivity contribution >= 4 is 0 Å². The minimum Gasteiger partial charge on any atom is -0.497 e. The number of nitrogens with one attached hydrogen (secondary N) is 1. The second kappa shape index (κ2) is 11.0. The first kappa shape index (κ1) is 26.6. The standard InChI is InChI=1S/C30H29FN2O6/c1-19-17-33(29(36)32-27(19)35)28-25(31)26(24(18-34)38-28)39-30(20-9-5-3-6-10-20,21-11-7-4-8-12-21)22-13-15-23(37-2)16-14-22/h3-17,24-26,28,34H,18H2,1-2H3,(H,32,35,36)/t24-,25-,26-,28-/m1/s1. The normalized spacial score (nSPS) is 21.1. The summed E-state index contributed by atoms with van der Waals surface area (Å²) in [6, 6.07) is 26.1. The molecule has 3 aromatic carbocycles. The van der Waals surface area contributed by atoms with E-state index in [1.807, 2.05) is 72.8 Å². The van der Waals surface area contributed by atoms with Crippen molar-refractivity contribution in [1.82, 2.24) is 9.55 Å². The summed E-state index contributed by atoms with van der Waals surface area (Å²) >= 11 is 0. The third kappa shape index (κ3) is 4.80. The smallest absolute Gasteiger partial charge is 0.330 e. The van der Waals surface area contributed by atoms with Crippen LogP contribution in [0.5, 0.6) is 5.75 Å². The zero-order chi connectivity index (χ0) is 27.6. The number of aliphatic hydroxyl groups excluding tert-OH is 1. The van der Waals surface area contributed by atoms with Gasteiger partial charge in [-0.05, 0) is 35.7 Å². The third-order valence-corrected chi connectivity index (χ3v) is 7.04. The highest BCUT2D eigenvalue weighted by atomic mass is 19.1. The summed E-state index contributed by atoms with van der Waals surface area (Å²) in [5, 5.41) is 10.2. The van der Waals surface area contributed by atoms with Crippen molar-refractivity contribution in [1.29, 1.82) is 0 Å². The number of ether oxygens (including phenoxy) is 3. The lowest BCUT2D eigenvalue weighted by Crippen LogP contribution is -2.44. The molecular formula is C30H29FN2O6. The molecule has 0 bridgehead atoms. The molecule has 1 saturated heterocycles. The number of hydrogen-bond donors (Lipinski definition) is 2. The van der Waals surface area contributed by atoms with Crippen molar-refractivity contribution in [3.8, 4) is 5.75 Å². The fourth-order valence-corrected chi connectivity index (χ4v) is 5.06. The monoisotopic (exact) mass is 532 g/mol. The van der Waals surface area contributed by atoms with E-state index in [1.165, 1.54) is 13.1 Å². The Morgan fingerprint density at radius 2 is 1.51 bits per heavy atom. The van der Waals surface area contributed by atoms with Crippen LogP contribution in [0.15, 0.2) is 101 Å². The Balaban J connectivity index is 1.67. The lowest BCUT2D eigenvalue weighted by atomic mass is 9.79. The van der Waals surface area contributed by atoms with Crippen molar-refractivity contribution in [2.45, 2.75) is 37.1 Å². The summed E-state index contributed by atoms with van der Waals surface area (Å²) in [5.74, 6) is 0.641. The van der Waals surface area contributed by atoms with Crippen LogP contribution in [-0.4, -0.2) is 46.8 Å². The maximum Gasteiger partial charge on any atom is 0.330 e. The zero-order valence-corrected chi connectivity index (χ0v) is 21.5. The van der Waals surface area contributed by atoms with Gasteiger partial charge in [-0.25, -0.2) is 9.18 Å². The van der Waals surface area contributed by atoms with Crippen LogP contribution in [0.1, 0.15) is 28.5 Å². The first-order valence-corrected chi connectivity index (χ1v) is 12.5. The van der Waals surface area contributed by atoms with E-state index in [-0.39, 0.29) is 5.56 Å². The number of aryl methyl sites for hydroxylation is 1. The Morgan fingerprint density at radius 1 is 0.949 bits per heavy atom. The number of rotatable bonds is 8. The highest BCUT2D eigenvalue weighted by Gasteiger charge is 2.52. The SMILES string of the molecule is COc1ccc(C(O[C@H]2[C@@H](F)[C@H](n3cc(C)c(=O)[nH]c3=O)O[C@@H]2CO)(c2ccccc2)c2ccccc2)cc1. The van der Waals surface area contributed by atoms with Crippen LogP contribution < -0.4 is 16.0 Å². The van der Waals surface area contributed by atoms with Gasteiger partial charge in [0, 0.05) is 11.8 Å². The Labute approximate surface area is 224 Å². The first-order chi connectivity index (χ1) is 18.9. The first-order valence-electron chi connectivity index (χ1n) is 12.5. The number of benzene rings is 3. The number of hydrogen-bond acceptors (Lipinski definition) is 6. The second-order valence-corrected chi connectivity index (χ2v) is 9.39. The van der Waals surface area contributed by atoms with E-state index in [0.29, 0.717) is 11.3 Å². The molecule has 202 valence electrons. The summed E-state index contributed by atoms with van der Waals surface area (Å²) in [7, 11) is 1.57. The van der Waals surface area contributed by atoms with Gasteiger partial charge >= 0.3 is 5.69 Å². The predicted molar refractivity (Wildman–Crippen MR) is 143 cm³/mol. The molecular weight excluding hydrogens is 503 g/mol. The zero-order valence-electron chi connectivity index (χ0n) is 21.5. The Hall–Kier alpha value is -4.05. The Morgan fingerprint density at radius 3 is 2.05 bits per heavy atom. The summed E-state index contributed by atoms with van der Waals surface area (Å²) < 4.78 is 35.4. The van der Waals surface area contributed by atoms with Gasteiger partial charge in [0.05, 0.1) is 13.7 Å². The molecule has 8 nitrogen and oxygen atoms in total. The van der Waals surface area contributed by atoms with Crippen molar-refractivity contribution in [2.24, 2.45) is 0 Å². The van der Waals surface area contributed by atoms with E-state index in [9.17, 15) is 14.7 Å². The topological polar surface area (TPSA) is 103 Å². The van der Waals surface area contributed by atoms with Crippen LogP contribution in [0.2, 0.25) is 0 Å². The van der Waals surface area contributed by atoms with Crippen LogP contribution in [0, 0.1) is 6.92 Å². The summed E-state index contributed by atoms with van der Waals surface area (Å²) in [5.41, 5.74) is -0.328. The number of aliphatic hydroxyl groups is 1. The fourth-order valence-electron chi connectivity index (χ4n) is 5.06. The van der Waals surface area contributed by atoms with Gasteiger partial charge in [-0.15, -0.1) is 0 Å². The number of methoxy groups -OCH3 is 1. The minimum atomic E-state index is -1.87. The molecule has 4 atom stereocenters. The molecule has 1 aromatic heterocycles. The summed E-state index contributed by atoms with van der Waals surface area (Å²) in [6.07, 6.45) is -4.43. The largest absolute Gasteiger partial charge is 0.497 e. The van der Waals surface area contributed by atoms with E-state index >= 15 is 4.39 Å². The molecule has 5 rings (SSSR count). The molecule has 0 amide bonds. The lowest BCUT2D eigenvalue weighted by molar-refractivity contribution is -0.105.